The van der Waals surface area contributed by atoms with Crippen LogP contribution >= 0.6 is 0 Å². The fourth-order valence-corrected chi connectivity index (χ4v) is 3.12. The zero-order chi connectivity index (χ0) is 21.5. The zero-order valence-electron chi connectivity index (χ0n) is 17.4. The monoisotopic (exact) mass is 403 g/mol. The van der Waals surface area contributed by atoms with Crippen LogP contribution in [0, 0.1) is 20.8 Å². The number of ether oxygens (including phenoxy) is 2. The summed E-state index contributed by atoms with van der Waals surface area (Å²) in [5, 5.41) is 2.80. The molecule has 0 aromatic heterocycles. The SMILES string of the molecule is Cc1cccc(COc2ccccc2C(=O)OCC(=O)Nc2c(C)cccc2C)c1. The Bertz CT molecular complexity index is 1040. The maximum absolute atomic E-state index is 12.5. The van der Waals surface area contributed by atoms with Crippen molar-refractivity contribution in [1.82, 2.24) is 0 Å². The Kier molecular flexibility index (Phi) is 6.86. The van der Waals surface area contributed by atoms with E-state index < -0.39 is 5.97 Å². The van der Waals surface area contributed by atoms with Gasteiger partial charge in [-0.25, -0.2) is 4.79 Å². The van der Waals surface area contributed by atoms with Gasteiger partial charge in [-0.3, -0.25) is 4.79 Å². The van der Waals surface area contributed by atoms with Gasteiger partial charge in [-0.15, -0.1) is 0 Å². The molecule has 0 aliphatic carbocycles. The quantitative estimate of drug-likeness (QED) is 0.565. The molecular weight excluding hydrogens is 378 g/mol. The minimum Gasteiger partial charge on any atom is -0.488 e. The van der Waals surface area contributed by atoms with E-state index in [1.807, 2.05) is 63.2 Å². The van der Waals surface area contributed by atoms with E-state index in [0.29, 0.717) is 12.4 Å². The van der Waals surface area contributed by atoms with Crippen molar-refractivity contribution in [3.8, 4) is 5.75 Å². The molecule has 3 aromatic carbocycles. The molecule has 1 amide bonds. The third kappa shape index (κ3) is 5.47. The molecule has 0 bridgehead atoms. The fraction of sp³-hybridized carbons (Fsp3) is 0.200. The fourth-order valence-electron chi connectivity index (χ4n) is 3.12. The Morgan fingerprint density at radius 1 is 0.867 bits per heavy atom. The van der Waals surface area contributed by atoms with Crippen LogP contribution in [0.1, 0.15) is 32.6 Å². The van der Waals surface area contributed by atoms with Crippen LogP contribution in [-0.2, 0) is 16.1 Å². The van der Waals surface area contributed by atoms with E-state index in [0.717, 1.165) is 27.9 Å². The Labute approximate surface area is 176 Å². The first-order chi connectivity index (χ1) is 14.4. The van der Waals surface area contributed by atoms with Gasteiger partial charge in [0.1, 0.15) is 17.9 Å². The third-order valence-corrected chi connectivity index (χ3v) is 4.66. The highest BCUT2D eigenvalue weighted by molar-refractivity contribution is 5.97. The minimum absolute atomic E-state index is 0.282. The molecule has 1 N–H and O–H groups in total. The summed E-state index contributed by atoms with van der Waals surface area (Å²) < 4.78 is 11.1. The molecule has 0 saturated carbocycles. The molecule has 5 heteroatoms. The largest absolute Gasteiger partial charge is 0.488 e. The molecule has 30 heavy (non-hydrogen) atoms. The van der Waals surface area contributed by atoms with Crippen LogP contribution in [0.15, 0.2) is 66.7 Å². The Balaban J connectivity index is 1.61. The molecule has 0 saturated heterocycles. The second-order valence-electron chi connectivity index (χ2n) is 7.17. The van der Waals surface area contributed by atoms with Crippen molar-refractivity contribution >= 4 is 17.6 Å². The van der Waals surface area contributed by atoms with Gasteiger partial charge in [0.25, 0.3) is 5.91 Å². The average molecular weight is 403 g/mol. The highest BCUT2D eigenvalue weighted by atomic mass is 16.5. The third-order valence-electron chi connectivity index (χ3n) is 4.66. The molecule has 3 rings (SSSR count). The number of hydrogen-bond acceptors (Lipinski definition) is 4. The summed E-state index contributed by atoms with van der Waals surface area (Å²) in [7, 11) is 0. The van der Waals surface area contributed by atoms with Crippen LogP contribution in [0.2, 0.25) is 0 Å². The summed E-state index contributed by atoms with van der Waals surface area (Å²) in [4.78, 5) is 24.8. The highest BCUT2D eigenvalue weighted by Gasteiger charge is 2.16. The molecule has 5 nitrogen and oxygen atoms in total. The van der Waals surface area contributed by atoms with Gasteiger partial charge in [0.15, 0.2) is 6.61 Å². The second-order valence-corrected chi connectivity index (χ2v) is 7.17. The summed E-state index contributed by atoms with van der Waals surface area (Å²) >= 11 is 0. The number of benzene rings is 3. The number of carbonyl (C=O) groups is 2. The van der Waals surface area contributed by atoms with Gasteiger partial charge in [0.2, 0.25) is 0 Å². The summed E-state index contributed by atoms with van der Waals surface area (Å²) in [6.45, 7) is 5.79. The van der Waals surface area contributed by atoms with Crippen molar-refractivity contribution < 1.29 is 19.1 Å². The van der Waals surface area contributed by atoms with E-state index in [9.17, 15) is 9.59 Å². The van der Waals surface area contributed by atoms with Gasteiger partial charge in [-0.2, -0.15) is 0 Å². The van der Waals surface area contributed by atoms with Crippen molar-refractivity contribution in [2.45, 2.75) is 27.4 Å². The number of anilines is 1. The normalized spacial score (nSPS) is 10.4. The number of amides is 1. The molecule has 0 unspecified atom stereocenters. The van der Waals surface area contributed by atoms with Crippen molar-refractivity contribution in [3.05, 3.63) is 94.5 Å². The summed E-state index contributed by atoms with van der Waals surface area (Å²) in [6, 6.07) is 20.6. The number of nitrogens with one attached hydrogen (secondary N) is 1. The molecular formula is C25H25NO4. The van der Waals surface area contributed by atoms with Gasteiger partial charge in [0.05, 0.1) is 0 Å². The smallest absolute Gasteiger partial charge is 0.342 e. The molecule has 3 aromatic rings. The van der Waals surface area contributed by atoms with Crippen LogP contribution < -0.4 is 10.1 Å². The van der Waals surface area contributed by atoms with Crippen LogP contribution in [-0.4, -0.2) is 18.5 Å². The summed E-state index contributed by atoms with van der Waals surface area (Å²) in [6.07, 6.45) is 0. The van der Waals surface area contributed by atoms with E-state index in [1.165, 1.54) is 0 Å². The number of rotatable bonds is 7. The van der Waals surface area contributed by atoms with E-state index in [4.69, 9.17) is 9.47 Å². The number of aryl methyl sites for hydroxylation is 3. The van der Waals surface area contributed by atoms with Crippen LogP contribution in [0.25, 0.3) is 0 Å². The van der Waals surface area contributed by atoms with Gasteiger partial charge in [0, 0.05) is 5.69 Å². The van der Waals surface area contributed by atoms with Gasteiger partial charge < -0.3 is 14.8 Å². The standard InChI is InChI=1S/C25H25NO4/c1-17-8-6-11-20(14-17)15-29-22-13-5-4-12-21(22)25(28)30-16-23(27)26-24-18(2)9-7-10-19(24)3/h4-14H,15-16H2,1-3H3,(H,26,27). The second kappa shape index (κ2) is 9.74. The molecule has 0 spiro atoms. The molecule has 0 atom stereocenters. The van der Waals surface area contributed by atoms with Crippen molar-refractivity contribution in [3.63, 3.8) is 0 Å². The first-order valence-corrected chi connectivity index (χ1v) is 9.74. The number of esters is 1. The zero-order valence-corrected chi connectivity index (χ0v) is 17.4. The molecule has 0 aliphatic heterocycles. The van der Waals surface area contributed by atoms with E-state index in [-0.39, 0.29) is 18.1 Å². The topological polar surface area (TPSA) is 64.6 Å². The highest BCUT2D eigenvalue weighted by Crippen LogP contribution is 2.21. The van der Waals surface area contributed by atoms with Gasteiger partial charge >= 0.3 is 5.97 Å². The molecule has 0 radical (unpaired) electrons. The molecule has 0 aliphatic rings. The number of para-hydroxylation sites is 2. The Morgan fingerprint density at radius 3 is 2.30 bits per heavy atom. The van der Waals surface area contributed by atoms with Crippen molar-refractivity contribution in [2.75, 3.05) is 11.9 Å². The summed E-state index contributed by atoms with van der Waals surface area (Å²) in [5.41, 5.74) is 5.06. The number of hydrogen-bond donors (Lipinski definition) is 1. The van der Waals surface area contributed by atoms with Gasteiger partial charge in [-0.1, -0.05) is 60.2 Å². The average Bonchev–Trinajstić information content (AvgIpc) is 2.73. The van der Waals surface area contributed by atoms with Crippen LogP contribution in [0.3, 0.4) is 0 Å². The van der Waals surface area contributed by atoms with Crippen LogP contribution in [0.4, 0.5) is 5.69 Å². The molecule has 0 heterocycles. The molecule has 0 fully saturated rings. The van der Waals surface area contributed by atoms with Crippen molar-refractivity contribution in [2.24, 2.45) is 0 Å². The predicted molar refractivity (Wildman–Crippen MR) is 117 cm³/mol. The van der Waals surface area contributed by atoms with E-state index in [2.05, 4.69) is 5.32 Å². The maximum atomic E-state index is 12.5. The van der Waals surface area contributed by atoms with E-state index >= 15 is 0 Å². The maximum Gasteiger partial charge on any atom is 0.342 e. The summed E-state index contributed by atoms with van der Waals surface area (Å²) in [5.74, 6) is -0.579. The van der Waals surface area contributed by atoms with Gasteiger partial charge in [-0.05, 0) is 49.6 Å². The lowest BCUT2D eigenvalue weighted by Gasteiger charge is -2.13. The lowest BCUT2D eigenvalue weighted by Crippen LogP contribution is -2.22. The predicted octanol–water partition coefficient (Wildman–Crippen LogP) is 4.99. The molecule has 154 valence electrons. The Hall–Kier alpha value is -3.60. The Morgan fingerprint density at radius 2 is 1.57 bits per heavy atom. The van der Waals surface area contributed by atoms with Crippen molar-refractivity contribution in [1.29, 1.82) is 0 Å². The lowest BCUT2D eigenvalue weighted by atomic mass is 10.1. The van der Waals surface area contributed by atoms with Crippen LogP contribution in [0.5, 0.6) is 5.75 Å². The minimum atomic E-state index is -0.605. The first kappa shape index (κ1) is 21.1. The lowest BCUT2D eigenvalue weighted by molar-refractivity contribution is -0.119. The number of carbonyl (C=O) groups excluding carboxylic acids is 2. The van der Waals surface area contributed by atoms with E-state index in [1.54, 1.807) is 24.3 Å². The first-order valence-electron chi connectivity index (χ1n) is 9.74.